The van der Waals surface area contributed by atoms with Crippen LogP contribution in [0.2, 0.25) is 0 Å². The van der Waals surface area contributed by atoms with E-state index in [2.05, 4.69) is 41.4 Å². The van der Waals surface area contributed by atoms with E-state index in [1.807, 2.05) is 30.3 Å². The highest BCUT2D eigenvalue weighted by Gasteiger charge is 2.52. The Bertz CT molecular complexity index is 2410. The van der Waals surface area contributed by atoms with Crippen molar-refractivity contribution in [3.05, 3.63) is 71.6 Å². The van der Waals surface area contributed by atoms with Gasteiger partial charge in [-0.2, -0.15) is 0 Å². The van der Waals surface area contributed by atoms with Gasteiger partial charge in [0.1, 0.15) is 23.7 Å². The molecular weight excluding hydrogens is 837 g/mol. The number of benzene rings is 2. The van der Waals surface area contributed by atoms with Gasteiger partial charge in [0.15, 0.2) is 0 Å². The van der Waals surface area contributed by atoms with Crippen molar-refractivity contribution >= 4 is 24.0 Å². The van der Waals surface area contributed by atoms with E-state index in [4.69, 9.17) is 4.74 Å². The maximum Gasteiger partial charge on any atom is 0.407 e. The van der Waals surface area contributed by atoms with Crippen LogP contribution in [-0.2, 0) is 19.1 Å². The third kappa shape index (κ3) is 8.54. The maximum absolute atomic E-state index is 15.1. The molecule has 4 heterocycles. The molecule has 64 heavy (non-hydrogen) atoms. The topological polar surface area (TPSA) is 175 Å². The number of hydrogen-bond donors (Lipinski definition) is 4. The molecule has 1 saturated carbocycles. The van der Waals surface area contributed by atoms with Crippen molar-refractivity contribution in [3.8, 4) is 33.6 Å². The molecule has 0 unspecified atom stereocenters. The predicted octanol–water partition coefficient (Wildman–Crippen LogP) is 8.47. The monoisotopic (exact) mass is 890 g/mol. The quantitative estimate of drug-likeness (QED) is 0.109. The average molecular weight is 891 g/mol. The van der Waals surface area contributed by atoms with Crippen molar-refractivity contribution in [2.24, 2.45) is 11.8 Å². The second-order valence-electron chi connectivity index (χ2n) is 18.3. The van der Waals surface area contributed by atoms with Gasteiger partial charge in [-0.05, 0) is 77.2 Å². The van der Waals surface area contributed by atoms with E-state index in [-0.39, 0.29) is 17.6 Å². The summed E-state index contributed by atoms with van der Waals surface area (Å²) in [5, 5.41) is 4.98. The van der Waals surface area contributed by atoms with Crippen LogP contribution in [0.25, 0.3) is 33.6 Å². The number of alkyl carbamates (subject to hydrolysis) is 2. The number of nitrogens with zero attached hydrogens (tertiary/aromatic N) is 4. The minimum Gasteiger partial charge on any atom is -0.453 e. The summed E-state index contributed by atoms with van der Waals surface area (Å²) >= 11 is 0. The first kappa shape index (κ1) is 44.7. The van der Waals surface area contributed by atoms with Crippen molar-refractivity contribution in [1.29, 1.82) is 0 Å². The summed E-state index contributed by atoms with van der Waals surface area (Å²) in [5.41, 5.74) is 7.48. The number of fused-ring (bicyclic) bond motifs is 2. The highest BCUT2D eigenvalue weighted by molar-refractivity contribution is 5.87. The Kier molecular flexibility index (Phi) is 12.0. The van der Waals surface area contributed by atoms with Gasteiger partial charge in [0.25, 0.3) is 11.8 Å². The number of amides is 4. The van der Waals surface area contributed by atoms with E-state index < -0.39 is 97.8 Å². The van der Waals surface area contributed by atoms with Crippen LogP contribution in [0.15, 0.2) is 48.8 Å². The van der Waals surface area contributed by atoms with Gasteiger partial charge in [-0.3, -0.25) is 9.59 Å². The SMILES string of the molecule is COC(=O)N[C@H](C(=O)N1CC(F)(F)C[C@H]1c1ncc(-c2ccc(-c3ccc(-c4cnc([C@@H]5CC(F)(F)CN5C(=O)[C@@H](NC(=O)OC)C(C)C)[nH]4)c4c3C3CCC4CC3)cc2)[nH]1)C(C)C. The van der Waals surface area contributed by atoms with Crippen molar-refractivity contribution < 1.29 is 46.2 Å². The van der Waals surface area contributed by atoms with Crippen LogP contribution in [0.5, 0.6) is 0 Å². The van der Waals surface area contributed by atoms with Gasteiger partial charge in [0.2, 0.25) is 11.8 Å². The van der Waals surface area contributed by atoms with Crippen LogP contribution >= 0.6 is 0 Å². The molecule has 0 spiro atoms. The molecule has 2 aromatic carbocycles. The number of nitrogens with one attached hydrogen (secondary N) is 4. The zero-order chi connectivity index (χ0) is 45.8. The number of H-pyrrole nitrogens is 2. The van der Waals surface area contributed by atoms with E-state index in [0.29, 0.717) is 17.3 Å². The second-order valence-corrected chi connectivity index (χ2v) is 18.3. The number of alkyl halides is 4. The Hall–Kier alpha value is -5.94. The largest absolute Gasteiger partial charge is 0.453 e. The van der Waals surface area contributed by atoms with Crippen LogP contribution in [0, 0.1) is 11.8 Å². The zero-order valence-corrected chi connectivity index (χ0v) is 36.6. The van der Waals surface area contributed by atoms with E-state index in [1.54, 1.807) is 40.1 Å². The van der Waals surface area contributed by atoms with E-state index in [0.717, 1.165) is 57.7 Å². The predicted molar refractivity (Wildman–Crippen MR) is 227 cm³/mol. The van der Waals surface area contributed by atoms with Gasteiger partial charge >= 0.3 is 12.2 Å². The fourth-order valence-electron chi connectivity index (χ4n) is 10.1. The number of aromatic amines is 2. The first-order valence-corrected chi connectivity index (χ1v) is 21.8. The van der Waals surface area contributed by atoms with Gasteiger partial charge < -0.3 is 39.9 Å². The number of hydrogen-bond acceptors (Lipinski definition) is 8. The third-order valence-corrected chi connectivity index (χ3v) is 13.3. The lowest BCUT2D eigenvalue weighted by atomic mass is 9.64. The first-order chi connectivity index (χ1) is 30.4. The molecule has 2 aromatic heterocycles. The van der Waals surface area contributed by atoms with Crippen molar-refractivity contribution in [2.45, 2.75) is 114 Å². The molecule has 5 aliphatic rings. The summed E-state index contributed by atoms with van der Waals surface area (Å²) < 4.78 is 69.4. The molecule has 4 atom stereocenters. The summed E-state index contributed by atoms with van der Waals surface area (Å²) in [7, 11) is 2.34. The highest BCUT2D eigenvalue weighted by Crippen LogP contribution is 2.55. The number of imidazole rings is 2. The lowest BCUT2D eigenvalue weighted by Gasteiger charge is -2.41. The molecule has 9 rings (SSSR count). The lowest BCUT2D eigenvalue weighted by molar-refractivity contribution is -0.137. The summed E-state index contributed by atoms with van der Waals surface area (Å²) in [5.74, 6) is -7.33. The molecule has 2 aliphatic heterocycles. The fraction of sp³-hybridized carbons (Fsp3) is 0.522. The maximum atomic E-state index is 15.1. The first-order valence-electron chi connectivity index (χ1n) is 21.8. The summed E-state index contributed by atoms with van der Waals surface area (Å²) in [6, 6.07) is 7.78. The van der Waals surface area contributed by atoms with Crippen molar-refractivity contribution in [3.63, 3.8) is 0 Å². The average Bonchev–Trinajstić information content (AvgIpc) is 4.09. The van der Waals surface area contributed by atoms with Gasteiger partial charge in [0, 0.05) is 18.4 Å². The number of ether oxygens (including phenoxy) is 2. The van der Waals surface area contributed by atoms with E-state index in [1.165, 1.54) is 25.3 Å². The van der Waals surface area contributed by atoms with Crippen molar-refractivity contribution in [2.75, 3.05) is 27.3 Å². The van der Waals surface area contributed by atoms with E-state index >= 15 is 8.78 Å². The molecule has 14 nitrogen and oxygen atoms in total. The van der Waals surface area contributed by atoms with Crippen LogP contribution in [0.3, 0.4) is 0 Å². The molecule has 0 radical (unpaired) electrons. The second kappa shape index (κ2) is 17.2. The number of rotatable bonds is 11. The molecule has 2 saturated heterocycles. The Morgan fingerprint density at radius 2 is 1.05 bits per heavy atom. The van der Waals surface area contributed by atoms with Crippen LogP contribution in [0.1, 0.15) is 113 Å². The Morgan fingerprint density at radius 3 is 1.50 bits per heavy atom. The number of aromatic nitrogens is 4. The summed E-state index contributed by atoms with van der Waals surface area (Å²) in [4.78, 5) is 69.2. The van der Waals surface area contributed by atoms with Crippen LogP contribution in [-0.4, -0.2) is 105 Å². The number of methoxy groups -OCH3 is 2. The molecule has 2 bridgehead atoms. The standard InChI is InChI=1S/C46H54F4N8O6/c1-23(2)37(55-43(61)63-5)41(59)57-21-45(47,48)17-33(57)39-51-19-31(53-39)26-9-7-25(8-10-26)29-15-16-30(36-28-13-11-27(12-14-28)35(29)36)32-20-52-40(54-32)34-18-46(49,50)22-58(34)42(60)38(24(3)4)56-44(62)64-6/h7-10,15-16,19-20,23-24,27-28,33-34,37-38H,11-14,17-18,21-22H2,1-6H3,(H,51,53)(H,52,54)(H,55,61)(H,56,62)/t27?,28?,33-,34-,37-,38-/m0/s1. The van der Waals surface area contributed by atoms with Crippen LogP contribution in [0.4, 0.5) is 27.2 Å². The molecule has 4 amide bonds. The van der Waals surface area contributed by atoms with Gasteiger partial charge in [-0.1, -0.05) is 64.1 Å². The minimum absolute atomic E-state index is 0.212. The Balaban J connectivity index is 1.06. The zero-order valence-electron chi connectivity index (χ0n) is 36.6. The number of likely N-dealkylation sites (tertiary alicyclic amines) is 2. The molecule has 342 valence electrons. The molecule has 18 heteroatoms. The molecule has 4 N–H and O–H groups in total. The number of carbonyl (C=O) groups excluding carboxylic acids is 4. The van der Waals surface area contributed by atoms with E-state index in [9.17, 15) is 28.0 Å². The van der Waals surface area contributed by atoms with Crippen molar-refractivity contribution in [1.82, 2.24) is 40.4 Å². The summed E-state index contributed by atoms with van der Waals surface area (Å²) in [6.07, 6.45) is 4.44. The third-order valence-electron chi connectivity index (χ3n) is 13.3. The Morgan fingerprint density at radius 1 is 0.641 bits per heavy atom. The number of halogens is 4. The van der Waals surface area contributed by atoms with Gasteiger partial charge in [0.05, 0.1) is 63.2 Å². The smallest absolute Gasteiger partial charge is 0.407 e. The molecule has 4 aromatic rings. The molecular formula is C46H54F4N8O6. The Labute approximate surface area is 368 Å². The minimum atomic E-state index is -3.16. The molecule has 3 aliphatic carbocycles. The van der Waals surface area contributed by atoms with Gasteiger partial charge in [-0.15, -0.1) is 0 Å². The lowest BCUT2D eigenvalue weighted by Crippen LogP contribution is -2.51. The highest BCUT2D eigenvalue weighted by atomic mass is 19.3. The fourth-order valence-corrected chi connectivity index (χ4v) is 10.1. The molecule has 3 fully saturated rings. The summed E-state index contributed by atoms with van der Waals surface area (Å²) in [6.45, 7) is 5.25. The normalized spacial score (nSPS) is 22.9. The number of carbonyl (C=O) groups is 4. The van der Waals surface area contributed by atoms with Gasteiger partial charge in [-0.25, -0.2) is 37.1 Å². The van der Waals surface area contributed by atoms with Crippen LogP contribution < -0.4 is 10.6 Å².